The zero-order chi connectivity index (χ0) is 22.4. The second kappa shape index (κ2) is 8.12. The highest BCUT2D eigenvalue weighted by molar-refractivity contribution is 7.18. The van der Waals surface area contributed by atoms with Crippen LogP contribution in [0.1, 0.15) is 28.0 Å². The molecule has 5 nitrogen and oxygen atoms in total. The van der Waals surface area contributed by atoms with Gasteiger partial charge in [0.2, 0.25) is 0 Å². The summed E-state index contributed by atoms with van der Waals surface area (Å²) in [6.07, 6.45) is 6.32. The fourth-order valence-corrected chi connectivity index (χ4v) is 6.06. The summed E-state index contributed by atoms with van der Waals surface area (Å²) < 4.78 is 1.73. The maximum atomic E-state index is 13.5. The molecule has 0 radical (unpaired) electrons. The van der Waals surface area contributed by atoms with Gasteiger partial charge in [0.25, 0.3) is 5.56 Å². The first-order valence-corrected chi connectivity index (χ1v) is 12.1. The van der Waals surface area contributed by atoms with Gasteiger partial charge in [-0.3, -0.25) is 14.3 Å². The van der Waals surface area contributed by atoms with E-state index in [9.17, 15) is 4.79 Å². The Kier molecular flexibility index (Phi) is 4.95. The highest BCUT2D eigenvalue weighted by Gasteiger charge is 2.25. The Morgan fingerprint density at radius 3 is 2.82 bits per heavy atom. The highest BCUT2D eigenvalue weighted by Crippen LogP contribution is 2.34. The van der Waals surface area contributed by atoms with E-state index in [0.29, 0.717) is 12.6 Å². The van der Waals surface area contributed by atoms with Crippen LogP contribution in [0.2, 0.25) is 0 Å². The zero-order valence-corrected chi connectivity index (χ0v) is 19.2. The zero-order valence-electron chi connectivity index (χ0n) is 18.4. The molecule has 1 unspecified atom stereocenters. The molecule has 0 amide bonds. The molecule has 2 aromatic carbocycles. The smallest absolute Gasteiger partial charge is 0.262 e. The van der Waals surface area contributed by atoms with Crippen molar-refractivity contribution in [2.75, 3.05) is 5.32 Å². The predicted molar refractivity (Wildman–Crippen MR) is 135 cm³/mol. The normalized spacial score (nSPS) is 15.6. The molecule has 3 heterocycles. The van der Waals surface area contributed by atoms with E-state index in [0.717, 1.165) is 51.6 Å². The Morgan fingerprint density at radius 1 is 1.09 bits per heavy atom. The monoisotopic (exact) mass is 452 g/mol. The SMILES string of the molecule is Cc1ccc(NC2CCc3c(sc4ncn(Cc5cccc6cccnc56)c(=O)c34)C2)cc1. The Balaban J connectivity index is 1.31. The summed E-state index contributed by atoms with van der Waals surface area (Å²) in [6, 6.07) is 19.0. The summed E-state index contributed by atoms with van der Waals surface area (Å²) in [7, 11) is 0. The van der Waals surface area contributed by atoms with Gasteiger partial charge in [-0.15, -0.1) is 11.3 Å². The first-order chi connectivity index (χ1) is 16.2. The quantitative estimate of drug-likeness (QED) is 0.400. The summed E-state index contributed by atoms with van der Waals surface area (Å²) in [5.74, 6) is 0. The van der Waals surface area contributed by atoms with Gasteiger partial charge in [0.1, 0.15) is 4.83 Å². The van der Waals surface area contributed by atoms with Crippen molar-refractivity contribution in [1.29, 1.82) is 0 Å². The molecule has 33 heavy (non-hydrogen) atoms. The standard InChI is InChI=1S/C27H24N4OS/c1-17-7-9-20(10-8-17)30-21-11-12-22-23(14-21)33-26-24(22)27(32)31(16-29-26)15-19-5-2-4-18-6-3-13-28-25(18)19/h2-10,13,16,21,30H,11-12,14-15H2,1H3. The first kappa shape index (κ1) is 20.1. The first-order valence-electron chi connectivity index (χ1n) is 11.3. The fraction of sp³-hybridized carbons (Fsp3) is 0.222. The van der Waals surface area contributed by atoms with Gasteiger partial charge >= 0.3 is 0 Å². The molecular formula is C27H24N4OS. The number of hydrogen-bond acceptors (Lipinski definition) is 5. The number of aromatic nitrogens is 3. The van der Waals surface area contributed by atoms with E-state index >= 15 is 0 Å². The van der Waals surface area contributed by atoms with Crippen molar-refractivity contribution in [2.45, 2.75) is 38.8 Å². The van der Waals surface area contributed by atoms with Crippen molar-refractivity contribution in [2.24, 2.45) is 0 Å². The van der Waals surface area contributed by atoms with Crippen molar-refractivity contribution in [3.8, 4) is 0 Å². The minimum absolute atomic E-state index is 0.0513. The third kappa shape index (κ3) is 3.70. The molecule has 164 valence electrons. The molecule has 6 rings (SSSR count). The highest BCUT2D eigenvalue weighted by atomic mass is 32.1. The molecule has 0 fully saturated rings. The Morgan fingerprint density at radius 2 is 1.94 bits per heavy atom. The van der Waals surface area contributed by atoms with E-state index in [2.05, 4.69) is 46.5 Å². The van der Waals surface area contributed by atoms with Crippen LogP contribution in [0.3, 0.4) is 0 Å². The van der Waals surface area contributed by atoms with Crippen molar-refractivity contribution in [3.63, 3.8) is 0 Å². The lowest BCUT2D eigenvalue weighted by Crippen LogP contribution is -2.27. The second-order valence-electron chi connectivity index (χ2n) is 8.80. The van der Waals surface area contributed by atoms with Gasteiger partial charge in [-0.25, -0.2) is 4.98 Å². The molecule has 1 aliphatic carbocycles. The van der Waals surface area contributed by atoms with Crippen molar-refractivity contribution < 1.29 is 0 Å². The van der Waals surface area contributed by atoms with Crippen LogP contribution < -0.4 is 10.9 Å². The number of benzene rings is 2. The van der Waals surface area contributed by atoms with Crippen LogP contribution in [-0.4, -0.2) is 20.6 Å². The molecule has 0 saturated carbocycles. The van der Waals surface area contributed by atoms with Gasteiger partial charge in [-0.2, -0.15) is 0 Å². The Hall–Kier alpha value is -3.51. The molecule has 0 saturated heterocycles. The van der Waals surface area contributed by atoms with Gasteiger partial charge in [0.15, 0.2) is 0 Å². The van der Waals surface area contributed by atoms with E-state index < -0.39 is 0 Å². The number of pyridine rings is 1. The fourth-order valence-electron chi connectivity index (χ4n) is 4.80. The summed E-state index contributed by atoms with van der Waals surface area (Å²) >= 11 is 1.67. The van der Waals surface area contributed by atoms with E-state index in [1.165, 1.54) is 16.0 Å². The summed E-state index contributed by atoms with van der Waals surface area (Å²) in [4.78, 5) is 24.9. The van der Waals surface area contributed by atoms with Crippen LogP contribution >= 0.6 is 11.3 Å². The van der Waals surface area contributed by atoms with Gasteiger partial charge in [0, 0.05) is 34.6 Å². The molecule has 0 spiro atoms. The summed E-state index contributed by atoms with van der Waals surface area (Å²) in [5, 5.41) is 5.55. The molecule has 6 heteroatoms. The van der Waals surface area contributed by atoms with Crippen LogP contribution in [0.4, 0.5) is 5.69 Å². The Bertz CT molecular complexity index is 1530. The van der Waals surface area contributed by atoms with Crippen LogP contribution in [0.15, 0.2) is 71.9 Å². The van der Waals surface area contributed by atoms with Crippen molar-refractivity contribution >= 4 is 38.1 Å². The largest absolute Gasteiger partial charge is 0.382 e. The number of nitrogens with zero attached hydrogens (tertiary/aromatic N) is 3. The van der Waals surface area contributed by atoms with Crippen LogP contribution in [0.25, 0.3) is 21.1 Å². The van der Waals surface area contributed by atoms with E-state index in [1.54, 1.807) is 28.4 Å². The topological polar surface area (TPSA) is 59.8 Å². The number of thiophene rings is 1. The van der Waals surface area contributed by atoms with Gasteiger partial charge in [-0.05, 0) is 49.1 Å². The number of rotatable bonds is 4. The maximum absolute atomic E-state index is 13.5. The molecule has 5 aromatic rings. The van der Waals surface area contributed by atoms with E-state index in [1.807, 2.05) is 30.3 Å². The van der Waals surface area contributed by atoms with Gasteiger partial charge in [0.05, 0.1) is 23.8 Å². The number of aryl methyl sites for hydroxylation is 2. The molecular weight excluding hydrogens is 428 g/mol. The lowest BCUT2D eigenvalue weighted by atomic mass is 9.93. The van der Waals surface area contributed by atoms with Crippen LogP contribution in [-0.2, 0) is 19.4 Å². The number of hydrogen-bond donors (Lipinski definition) is 1. The minimum Gasteiger partial charge on any atom is -0.382 e. The van der Waals surface area contributed by atoms with Crippen molar-refractivity contribution in [3.05, 3.63) is 99.0 Å². The summed E-state index contributed by atoms with van der Waals surface area (Å²) in [5.41, 5.74) is 5.62. The molecule has 0 bridgehead atoms. The second-order valence-corrected chi connectivity index (χ2v) is 9.89. The molecule has 3 aromatic heterocycles. The third-order valence-corrected chi connectivity index (χ3v) is 7.68. The molecule has 1 N–H and O–H groups in total. The molecule has 1 aliphatic rings. The molecule has 1 atom stereocenters. The average molecular weight is 453 g/mol. The van der Waals surface area contributed by atoms with Gasteiger partial charge in [-0.1, -0.05) is 42.0 Å². The van der Waals surface area contributed by atoms with Gasteiger partial charge < -0.3 is 5.32 Å². The van der Waals surface area contributed by atoms with Crippen molar-refractivity contribution in [1.82, 2.24) is 14.5 Å². The molecule has 0 aliphatic heterocycles. The third-order valence-electron chi connectivity index (χ3n) is 6.52. The van der Waals surface area contributed by atoms with Crippen LogP contribution in [0, 0.1) is 6.92 Å². The number of para-hydroxylation sites is 1. The minimum atomic E-state index is 0.0513. The lowest BCUT2D eigenvalue weighted by Gasteiger charge is -2.24. The Labute approximate surface area is 195 Å². The van der Waals surface area contributed by atoms with E-state index in [4.69, 9.17) is 0 Å². The summed E-state index contributed by atoms with van der Waals surface area (Å²) in [6.45, 7) is 2.57. The number of anilines is 1. The predicted octanol–water partition coefficient (Wildman–Crippen LogP) is 5.33. The lowest BCUT2D eigenvalue weighted by molar-refractivity contribution is 0.621. The van der Waals surface area contributed by atoms with E-state index in [-0.39, 0.29) is 5.56 Å². The van der Waals surface area contributed by atoms with Crippen LogP contribution in [0.5, 0.6) is 0 Å². The number of fused-ring (bicyclic) bond motifs is 4. The maximum Gasteiger partial charge on any atom is 0.262 e. The number of nitrogens with one attached hydrogen (secondary N) is 1. The average Bonchev–Trinajstić information content (AvgIpc) is 3.21.